The van der Waals surface area contributed by atoms with Gasteiger partial charge in [0.2, 0.25) is 0 Å². The number of thioether (sulfide) groups is 1. The van der Waals surface area contributed by atoms with Crippen LogP contribution in [0.25, 0.3) is 0 Å². The summed E-state index contributed by atoms with van der Waals surface area (Å²) in [5.41, 5.74) is -4.79. The summed E-state index contributed by atoms with van der Waals surface area (Å²) in [7, 11) is 0. The fraction of sp³-hybridized carbons (Fsp3) is 0.875. The van der Waals surface area contributed by atoms with Crippen molar-refractivity contribution in [3.8, 4) is 0 Å². The summed E-state index contributed by atoms with van der Waals surface area (Å²) in [6.45, 7) is 1.12. The van der Waals surface area contributed by atoms with Gasteiger partial charge >= 0.3 is 11.5 Å². The van der Waals surface area contributed by atoms with Gasteiger partial charge in [0.15, 0.2) is 0 Å². The predicted molar refractivity (Wildman–Crippen MR) is 54.4 cm³/mol. The minimum absolute atomic E-state index is 0.0727. The number of hydrogen-bond acceptors (Lipinski definition) is 4. The molecular formula is C8H13F3N2O2S. The normalized spacial score (nSPS) is 19.2. The topological polar surface area (TPSA) is 61.4 Å². The van der Waals surface area contributed by atoms with Gasteiger partial charge in [-0.25, -0.2) is 0 Å². The summed E-state index contributed by atoms with van der Waals surface area (Å²) in [5, 5.41) is 14.4. The van der Waals surface area contributed by atoms with Gasteiger partial charge in [-0.3, -0.25) is 4.79 Å². The van der Waals surface area contributed by atoms with E-state index in [9.17, 15) is 18.0 Å². The molecule has 1 aliphatic rings. The van der Waals surface area contributed by atoms with Crippen molar-refractivity contribution in [3.63, 3.8) is 0 Å². The molecule has 0 bridgehead atoms. The Balaban J connectivity index is 2.22. The Morgan fingerprint density at radius 1 is 1.50 bits per heavy atom. The van der Waals surface area contributed by atoms with Gasteiger partial charge in [0.1, 0.15) is 0 Å². The monoisotopic (exact) mass is 258 g/mol. The van der Waals surface area contributed by atoms with Gasteiger partial charge in [-0.15, -0.1) is 0 Å². The molecule has 94 valence electrons. The molecule has 0 aromatic rings. The van der Waals surface area contributed by atoms with E-state index in [-0.39, 0.29) is 30.5 Å². The van der Waals surface area contributed by atoms with Crippen molar-refractivity contribution in [2.45, 2.75) is 17.5 Å². The lowest BCUT2D eigenvalue weighted by Gasteiger charge is -2.42. The number of aliphatic carboxylic acids is 1. The van der Waals surface area contributed by atoms with Gasteiger partial charge in [0.05, 0.1) is 12.0 Å². The molecule has 1 fully saturated rings. The Morgan fingerprint density at radius 2 is 2.12 bits per heavy atom. The average Bonchev–Trinajstić information content (AvgIpc) is 2.05. The molecule has 1 aliphatic heterocycles. The van der Waals surface area contributed by atoms with Crippen LogP contribution in [-0.2, 0) is 4.79 Å². The highest BCUT2D eigenvalue weighted by Gasteiger charge is 2.38. The van der Waals surface area contributed by atoms with Crippen LogP contribution in [0.3, 0.4) is 0 Å². The molecule has 0 aliphatic carbocycles. The molecule has 8 heteroatoms. The highest BCUT2D eigenvalue weighted by atomic mass is 32.2. The van der Waals surface area contributed by atoms with E-state index in [2.05, 4.69) is 10.6 Å². The minimum Gasteiger partial charge on any atom is -0.481 e. The number of carbonyl (C=O) groups is 1. The molecule has 0 unspecified atom stereocenters. The number of nitrogens with one attached hydrogen (secondary N) is 2. The van der Waals surface area contributed by atoms with Crippen LogP contribution in [0.4, 0.5) is 13.2 Å². The first-order chi connectivity index (χ1) is 7.33. The maximum Gasteiger partial charge on any atom is 0.441 e. The molecular weight excluding hydrogens is 245 g/mol. The van der Waals surface area contributed by atoms with Gasteiger partial charge in [0, 0.05) is 25.4 Å². The van der Waals surface area contributed by atoms with E-state index in [1.54, 1.807) is 0 Å². The van der Waals surface area contributed by atoms with E-state index in [0.717, 1.165) is 0 Å². The SMILES string of the molecule is O=C(O)CC1(NCCSC(F)(F)F)CNC1. The van der Waals surface area contributed by atoms with Crippen molar-refractivity contribution in [1.29, 1.82) is 0 Å². The number of rotatable bonds is 6. The second kappa shape index (κ2) is 5.24. The number of hydrogen-bond donors (Lipinski definition) is 3. The summed E-state index contributed by atoms with van der Waals surface area (Å²) in [4.78, 5) is 10.5. The van der Waals surface area contributed by atoms with Crippen molar-refractivity contribution in [1.82, 2.24) is 10.6 Å². The lowest BCUT2D eigenvalue weighted by atomic mass is 9.88. The van der Waals surface area contributed by atoms with Crippen LogP contribution < -0.4 is 10.6 Å². The summed E-state index contributed by atoms with van der Waals surface area (Å²) < 4.78 is 35.4. The fourth-order valence-corrected chi connectivity index (χ4v) is 1.95. The first-order valence-corrected chi connectivity index (χ1v) is 5.70. The van der Waals surface area contributed by atoms with E-state index in [1.165, 1.54) is 0 Å². The molecule has 4 nitrogen and oxygen atoms in total. The second-order valence-electron chi connectivity index (χ2n) is 3.68. The molecule has 1 saturated heterocycles. The average molecular weight is 258 g/mol. The maximum atomic E-state index is 11.8. The molecule has 0 atom stereocenters. The van der Waals surface area contributed by atoms with Crippen LogP contribution in [0.2, 0.25) is 0 Å². The van der Waals surface area contributed by atoms with Crippen molar-refractivity contribution >= 4 is 17.7 Å². The summed E-state index contributed by atoms with van der Waals surface area (Å²) >= 11 is -0.103. The second-order valence-corrected chi connectivity index (χ2v) is 4.84. The predicted octanol–water partition coefficient (Wildman–Crippen LogP) is 0.646. The number of carboxylic acids is 1. The van der Waals surface area contributed by atoms with Crippen LogP contribution in [0, 0.1) is 0 Å². The Morgan fingerprint density at radius 3 is 2.50 bits per heavy atom. The molecule has 3 N–H and O–H groups in total. The summed E-state index contributed by atoms with van der Waals surface area (Å²) in [6, 6.07) is 0. The molecule has 0 aromatic heterocycles. The van der Waals surface area contributed by atoms with Crippen molar-refractivity contribution in [2.24, 2.45) is 0 Å². The molecule has 0 aromatic carbocycles. The quantitative estimate of drug-likeness (QED) is 0.610. The third kappa shape index (κ3) is 4.58. The Kier molecular flexibility index (Phi) is 4.45. The summed E-state index contributed by atoms with van der Waals surface area (Å²) in [5.74, 6) is -1.05. The highest BCUT2D eigenvalue weighted by Crippen LogP contribution is 2.29. The van der Waals surface area contributed by atoms with E-state index in [0.29, 0.717) is 13.1 Å². The van der Waals surface area contributed by atoms with Gasteiger partial charge in [-0.1, -0.05) is 0 Å². The molecule has 0 radical (unpaired) electrons. The van der Waals surface area contributed by atoms with Crippen molar-refractivity contribution in [2.75, 3.05) is 25.4 Å². The Hall–Kier alpha value is -0.470. The van der Waals surface area contributed by atoms with Crippen molar-refractivity contribution in [3.05, 3.63) is 0 Å². The van der Waals surface area contributed by atoms with E-state index in [1.807, 2.05) is 0 Å². The van der Waals surface area contributed by atoms with Crippen molar-refractivity contribution < 1.29 is 23.1 Å². The molecule has 0 saturated carbocycles. The standard InChI is InChI=1S/C8H13F3N2O2S/c9-8(10,11)16-2-1-13-7(3-6(14)15)4-12-5-7/h12-13H,1-5H2,(H,14,15). The third-order valence-corrected chi connectivity index (χ3v) is 3.02. The van der Waals surface area contributed by atoms with Gasteiger partial charge in [-0.2, -0.15) is 13.2 Å². The van der Waals surface area contributed by atoms with Crippen LogP contribution in [0.1, 0.15) is 6.42 Å². The lowest BCUT2D eigenvalue weighted by Crippen LogP contribution is -2.68. The maximum absolute atomic E-state index is 11.8. The fourth-order valence-electron chi connectivity index (χ4n) is 1.51. The summed E-state index contributed by atoms with van der Waals surface area (Å²) in [6.07, 6.45) is -0.0727. The lowest BCUT2D eigenvalue weighted by molar-refractivity contribution is -0.139. The van der Waals surface area contributed by atoms with Gasteiger partial charge in [-0.05, 0) is 11.8 Å². The zero-order valence-electron chi connectivity index (χ0n) is 8.43. The molecule has 0 spiro atoms. The molecule has 0 amide bonds. The zero-order valence-corrected chi connectivity index (χ0v) is 9.25. The van der Waals surface area contributed by atoms with E-state index >= 15 is 0 Å². The van der Waals surface area contributed by atoms with E-state index < -0.39 is 17.0 Å². The van der Waals surface area contributed by atoms with Gasteiger partial charge in [0.25, 0.3) is 0 Å². The zero-order chi connectivity index (χ0) is 12.2. The van der Waals surface area contributed by atoms with Crippen LogP contribution in [0.5, 0.6) is 0 Å². The third-order valence-electron chi connectivity index (χ3n) is 2.28. The minimum atomic E-state index is -4.22. The van der Waals surface area contributed by atoms with Crippen LogP contribution in [0.15, 0.2) is 0 Å². The first-order valence-electron chi connectivity index (χ1n) is 4.71. The molecule has 16 heavy (non-hydrogen) atoms. The number of carboxylic acid groups (broad SMARTS) is 1. The first kappa shape index (κ1) is 13.6. The van der Waals surface area contributed by atoms with Crippen LogP contribution >= 0.6 is 11.8 Å². The Bertz CT molecular complexity index is 256. The Labute approximate surface area is 95.0 Å². The smallest absolute Gasteiger partial charge is 0.441 e. The van der Waals surface area contributed by atoms with Gasteiger partial charge < -0.3 is 15.7 Å². The number of halogens is 3. The molecule has 1 rings (SSSR count). The van der Waals surface area contributed by atoms with Crippen LogP contribution in [-0.4, -0.2) is 47.5 Å². The highest BCUT2D eigenvalue weighted by molar-refractivity contribution is 8.00. The molecule has 1 heterocycles. The number of alkyl halides is 3. The largest absolute Gasteiger partial charge is 0.481 e. The van der Waals surface area contributed by atoms with E-state index in [4.69, 9.17) is 5.11 Å².